The standard InChI is InChI=1S/C17H24O3/c1-6-7-8-12-14(17(19)20)9-13(10(2)3)16(18)15(12)11(4)5/h6-7,9-11,18H,8H2,1-5H3,(H,19,20). The van der Waals surface area contributed by atoms with Gasteiger partial charge < -0.3 is 10.2 Å². The van der Waals surface area contributed by atoms with Crippen molar-refractivity contribution in [2.24, 2.45) is 0 Å². The minimum absolute atomic E-state index is 0.0760. The van der Waals surface area contributed by atoms with Gasteiger partial charge in [-0.3, -0.25) is 0 Å². The highest BCUT2D eigenvalue weighted by atomic mass is 16.4. The fraction of sp³-hybridized carbons (Fsp3) is 0.471. The van der Waals surface area contributed by atoms with Gasteiger partial charge in [-0.15, -0.1) is 0 Å². The van der Waals surface area contributed by atoms with Gasteiger partial charge in [-0.2, -0.15) is 0 Å². The minimum Gasteiger partial charge on any atom is -0.507 e. The van der Waals surface area contributed by atoms with Crippen LogP contribution in [0, 0.1) is 0 Å². The van der Waals surface area contributed by atoms with E-state index in [4.69, 9.17) is 0 Å². The Morgan fingerprint density at radius 1 is 1.25 bits per heavy atom. The van der Waals surface area contributed by atoms with Gasteiger partial charge in [-0.05, 0) is 42.4 Å². The van der Waals surface area contributed by atoms with Gasteiger partial charge >= 0.3 is 5.97 Å². The van der Waals surface area contributed by atoms with E-state index >= 15 is 0 Å². The van der Waals surface area contributed by atoms with Crippen molar-refractivity contribution in [3.8, 4) is 5.75 Å². The summed E-state index contributed by atoms with van der Waals surface area (Å²) < 4.78 is 0. The highest BCUT2D eigenvalue weighted by Crippen LogP contribution is 2.38. The fourth-order valence-electron chi connectivity index (χ4n) is 2.46. The van der Waals surface area contributed by atoms with Crippen molar-refractivity contribution < 1.29 is 15.0 Å². The van der Waals surface area contributed by atoms with Crippen LogP contribution in [0.15, 0.2) is 18.2 Å². The number of aromatic carboxylic acids is 1. The molecule has 1 aromatic carbocycles. The summed E-state index contributed by atoms with van der Waals surface area (Å²) in [6.45, 7) is 9.76. The highest BCUT2D eigenvalue weighted by molar-refractivity contribution is 5.91. The Hall–Kier alpha value is -1.77. The Morgan fingerprint density at radius 3 is 2.25 bits per heavy atom. The van der Waals surface area contributed by atoms with Crippen LogP contribution in [0.25, 0.3) is 0 Å². The molecule has 0 aliphatic rings. The lowest BCUT2D eigenvalue weighted by Crippen LogP contribution is -2.10. The first-order valence-electron chi connectivity index (χ1n) is 7.04. The van der Waals surface area contributed by atoms with Crippen LogP contribution in [-0.2, 0) is 6.42 Å². The summed E-state index contributed by atoms with van der Waals surface area (Å²) in [6, 6.07) is 1.62. The monoisotopic (exact) mass is 276 g/mol. The van der Waals surface area contributed by atoms with Crippen molar-refractivity contribution in [3.63, 3.8) is 0 Å². The van der Waals surface area contributed by atoms with Gasteiger partial charge in [0, 0.05) is 5.56 Å². The number of hydrogen-bond donors (Lipinski definition) is 2. The second kappa shape index (κ2) is 6.60. The SMILES string of the molecule is CC=CCc1c(C(=O)O)cc(C(C)C)c(O)c1C(C)C. The molecular formula is C17H24O3. The van der Waals surface area contributed by atoms with Crippen LogP contribution < -0.4 is 0 Å². The van der Waals surface area contributed by atoms with E-state index in [1.807, 2.05) is 46.8 Å². The van der Waals surface area contributed by atoms with Gasteiger partial charge in [0.15, 0.2) is 0 Å². The fourth-order valence-corrected chi connectivity index (χ4v) is 2.46. The maximum atomic E-state index is 11.5. The molecule has 20 heavy (non-hydrogen) atoms. The lowest BCUT2D eigenvalue weighted by Gasteiger charge is -2.21. The molecule has 0 aliphatic carbocycles. The predicted octanol–water partition coefficient (Wildman–Crippen LogP) is 4.46. The van der Waals surface area contributed by atoms with Crippen molar-refractivity contribution in [1.82, 2.24) is 0 Å². The number of carboxylic acid groups (broad SMARTS) is 1. The van der Waals surface area contributed by atoms with Gasteiger partial charge in [-0.1, -0.05) is 39.8 Å². The number of benzene rings is 1. The van der Waals surface area contributed by atoms with Crippen LogP contribution in [0.4, 0.5) is 0 Å². The summed E-state index contributed by atoms with van der Waals surface area (Å²) in [5.74, 6) is -0.527. The van der Waals surface area contributed by atoms with Crippen LogP contribution in [-0.4, -0.2) is 16.2 Å². The Morgan fingerprint density at radius 2 is 1.85 bits per heavy atom. The number of allylic oxidation sites excluding steroid dienone is 2. The average molecular weight is 276 g/mol. The molecule has 1 rings (SSSR count). The Balaban J connectivity index is 3.68. The molecule has 0 atom stereocenters. The van der Waals surface area contributed by atoms with Crippen LogP contribution in [0.3, 0.4) is 0 Å². The molecule has 0 unspecified atom stereocenters. The first-order valence-corrected chi connectivity index (χ1v) is 7.04. The minimum atomic E-state index is -0.937. The van der Waals surface area contributed by atoms with Gasteiger partial charge in [-0.25, -0.2) is 4.79 Å². The number of aromatic hydroxyl groups is 1. The summed E-state index contributed by atoms with van der Waals surface area (Å²) in [7, 11) is 0. The van der Waals surface area contributed by atoms with Crippen molar-refractivity contribution in [3.05, 3.63) is 40.5 Å². The number of phenolic OH excluding ortho intramolecular Hbond substituents is 1. The average Bonchev–Trinajstić information content (AvgIpc) is 2.34. The summed E-state index contributed by atoms with van der Waals surface area (Å²) in [4.78, 5) is 11.5. The molecule has 0 radical (unpaired) electrons. The Labute approximate surface area is 121 Å². The van der Waals surface area contributed by atoms with E-state index in [1.54, 1.807) is 6.07 Å². The van der Waals surface area contributed by atoms with E-state index in [9.17, 15) is 15.0 Å². The molecule has 0 aliphatic heterocycles. The molecule has 0 aromatic heterocycles. The zero-order valence-electron chi connectivity index (χ0n) is 12.9. The van der Waals surface area contributed by atoms with E-state index in [0.717, 1.165) is 5.56 Å². The second-order valence-electron chi connectivity index (χ2n) is 5.64. The lowest BCUT2D eigenvalue weighted by molar-refractivity contribution is 0.0695. The molecule has 3 nitrogen and oxygen atoms in total. The van der Waals surface area contributed by atoms with E-state index < -0.39 is 5.97 Å². The van der Waals surface area contributed by atoms with Gasteiger partial charge in [0.25, 0.3) is 0 Å². The van der Waals surface area contributed by atoms with Gasteiger partial charge in [0.2, 0.25) is 0 Å². The molecule has 1 aromatic rings. The summed E-state index contributed by atoms with van der Waals surface area (Å²) in [5, 5.41) is 20.0. The third-order valence-electron chi connectivity index (χ3n) is 3.47. The third kappa shape index (κ3) is 3.21. The van der Waals surface area contributed by atoms with Crippen LogP contribution >= 0.6 is 0 Å². The van der Waals surface area contributed by atoms with Crippen molar-refractivity contribution in [1.29, 1.82) is 0 Å². The topological polar surface area (TPSA) is 57.5 Å². The Kier molecular flexibility index (Phi) is 5.37. The van der Waals surface area contributed by atoms with Crippen molar-refractivity contribution in [2.75, 3.05) is 0 Å². The van der Waals surface area contributed by atoms with Crippen molar-refractivity contribution >= 4 is 5.97 Å². The zero-order chi connectivity index (χ0) is 15.4. The van der Waals surface area contributed by atoms with Gasteiger partial charge in [0.05, 0.1) is 5.56 Å². The number of carboxylic acids is 1. The maximum Gasteiger partial charge on any atom is 0.335 e. The molecule has 2 N–H and O–H groups in total. The molecule has 0 bridgehead atoms. The summed E-state index contributed by atoms with van der Waals surface area (Å²) >= 11 is 0. The first-order chi connectivity index (χ1) is 9.31. The smallest absolute Gasteiger partial charge is 0.335 e. The van der Waals surface area contributed by atoms with E-state index in [-0.39, 0.29) is 17.6 Å². The number of phenols is 1. The molecule has 3 heteroatoms. The lowest BCUT2D eigenvalue weighted by atomic mass is 9.85. The largest absolute Gasteiger partial charge is 0.507 e. The molecule has 0 amide bonds. The number of rotatable bonds is 5. The normalized spacial score (nSPS) is 11.8. The third-order valence-corrected chi connectivity index (χ3v) is 3.47. The van der Waals surface area contributed by atoms with E-state index in [2.05, 4.69) is 0 Å². The molecule has 0 spiro atoms. The molecule has 0 saturated carbocycles. The van der Waals surface area contributed by atoms with E-state index in [0.29, 0.717) is 23.1 Å². The molecule has 110 valence electrons. The predicted molar refractivity (Wildman–Crippen MR) is 81.8 cm³/mol. The first kappa shape index (κ1) is 16.3. The van der Waals surface area contributed by atoms with Crippen LogP contribution in [0.2, 0.25) is 0 Å². The summed E-state index contributed by atoms with van der Waals surface area (Å²) in [5.41, 5.74) is 2.47. The number of carbonyl (C=O) groups is 1. The second-order valence-corrected chi connectivity index (χ2v) is 5.64. The summed E-state index contributed by atoms with van der Waals surface area (Å²) in [6.07, 6.45) is 4.34. The quantitative estimate of drug-likeness (QED) is 0.781. The zero-order valence-corrected chi connectivity index (χ0v) is 12.9. The highest BCUT2D eigenvalue weighted by Gasteiger charge is 2.23. The van der Waals surface area contributed by atoms with Crippen LogP contribution in [0.1, 0.15) is 73.5 Å². The van der Waals surface area contributed by atoms with E-state index in [1.165, 1.54) is 0 Å². The molecule has 0 fully saturated rings. The molecule has 0 saturated heterocycles. The molecular weight excluding hydrogens is 252 g/mol. The van der Waals surface area contributed by atoms with Crippen LogP contribution in [0.5, 0.6) is 5.75 Å². The molecule has 0 heterocycles. The van der Waals surface area contributed by atoms with Gasteiger partial charge in [0.1, 0.15) is 5.75 Å². The maximum absolute atomic E-state index is 11.5. The van der Waals surface area contributed by atoms with Crippen molar-refractivity contribution in [2.45, 2.75) is 52.9 Å². The number of hydrogen-bond acceptors (Lipinski definition) is 2. The Bertz CT molecular complexity index is 526.